The van der Waals surface area contributed by atoms with Gasteiger partial charge in [0.25, 0.3) is 0 Å². The van der Waals surface area contributed by atoms with Crippen molar-refractivity contribution >= 4 is 77.0 Å². The van der Waals surface area contributed by atoms with Crippen molar-refractivity contribution in [3.8, 4) is 0 Å². The summed E-state index contributed by atoms with van der Waals surface area (Å²) in [5.74, 6) is -14.6. The normalized spacial score (nSPS) is 15.3. The van der Waals surface area contributed by atoms with Gasteiger partial charge in [-0.15, -0.1) is 0 Å². The zero-order chi connectivity index (χ0) is 63.2. The molecule has 0 unspecified atom stereocenters. The highest BCUT2D eigenvalue weighted by molar-refractivity contribution is 5.99. The SMILES string of the molecule is CC[C@H](C)[C@H](NC(=O)[C@H](CCC(=O)O)NC(=O)[C@H](CO)NC(=O)[C@H](CCCCN)NC(=O)[C@H](Cc1cnc[nH]1)NC(=O)[C@@H](NC(=O)[C@@H](N)CC(=O)O)[C@@H](C)O)C(=O)N[C@@H](C)C(=O)N[C@@H](Cc1cnc[nH]1)C(=O)N[C@@H](CCCN=C(N)N)C(=O)O. The van der Waals surface area contributed by atoms with Crippen molar-refractivity contribution in [1.29, 1.82) is 0 Å². The molecular weight excluding hydrogens is 1110 g/mol. The lowest BCUT2D eigenvalue weighted by molar-refractivity contribution is -0.142. The molecule has 0 spiro atoms. The van der Waals surface area contributed by atoms with E-state index in [-0.39, 0.29) is 69.7 Å². The van der Waals surface area contributed by atoms with Gasteiger partial charge >= 0.3 is 17.9 Å². The van der Waals surface area contributed by atoms with Crippen LogP contribution < -0.4 is 70.8 Å². The lowest BCUT2D eigenvalue weighted by Gasteiger charge is -2.29. The number of hydrogen-bond donors (Lipinski definition) is 20. The minimum Gasteiger partial charge on any atom is -0.481 e. The van der Waals surface area contributed by atoms with E-state index in [0.717, 1.165) is 6.92 Å². The zero-order valence-corrected chi connectivity index (χ0v) is 46.9. The van der Waals surface area contributed by atoms with Crippen molar-refractivity contribution in [2.75, 3.05) is 19.7 Å². The molecule has 0 saturated heterocycles. The number of carbonyl (C=O) groups is 12. The number of H-pyrrole nitrogens is 2. The Bertz CT molecular complexity index is 2550. The molecular formula is C49H80N18O17. The van der Waals surface area contributed by atoms with Gasteiger partial charge in [0.05, 0.1) is 37.8 Å². The molecule has 0 aliphatic carbocycles. The van der Waals surface area contributed by atoms with Gasteiger partial charge in [0.1, 0.15) is 54.4 Å². The predicted octanol–water partition coefficient (Wildman–Crippen LogP) is -7.35. The van der Waals surface area contributed by atoms with Crippen molar-refractivity contribution in [2.24, 2.45) is 33.8 Å². The first-order valence-corrected chi connectivity index (χ1v) is 26.8. The van der Waals surface area contributed by atoms with E-state index in [4.69, 9.17) is 28.0 Å². The number of nitrogens with one attached hydrogen (secondary N) is 11. The Morgan fingerprint density at radius 1 is 0.571 bits per heavy atom. The average molecular weight is 1190 g/mol. The standard InChI is InChI=1S/C49H80N18O17/c1-5-23(2)37(46(81)59-24(3)39(74)63-32(15-26-18-54-21-57-26)44(79)62-31(48(83)84)10-8-14-56-49(52)53)66-42(77)30(11-12-35(70)71)61-45(80)34(20-68)65-41(76)29(9-6-7-13-50)60-43(78)33(16-27-19-55-22-58-27)64-47(82)38(25(4)69)67-40(75)28(51)17-36(72)73/h18-19,21-25,28-34,37-38,68-69H,5-17,20,50-51H2,1-4H3,(H,54,57)(H,55,58)(H,59,81)(H,60,78)(H,61,80)(H,62,79)(H,63,74)(H,64,82)(H,65,76)(H,66,77)(H,67,75)(H,70,71)(H,72,73)(H,83,84)(H4,52,53,56)/t23-,24-,25+,28-,29-,30-,31-,32-,33-,34-,37-,38-/m0/s1. The van der Waals surface area contributed by atoms with Gasteiger partial charge in [0.2, 0.25) is 53.2 Å². The molecule has 0 saturated carbocycles. The number of aliphatic hydroxyl groups excluding tert-OH is 2. The van der Waals surface area contributed by atoms with Gasteiger partial charge in [-0.25, -0.2) is 14.8 Å². The van der Waals surface area contributed by atoms with E-state index < -0.39 is 169 Å². The first kappa shape index (κ1) is 71.3. The third kappa shape index (κ3) is 25.5. The highest BCUT2D eigenvalue weighted by Gasteiger charge is 2.37. The van der Waals surface area contributed by atoms with Crippen molar-refractivity contribution in [1.82, 2.24) is 67.8 Å². The van der Waals surface area contributed by atoms with E-state index in [9.17, 15) is 78.0 Å². The molecule has 2 aromatic heterocycles. The fourth-order valence-electron chi connectivity index (χ4n) is 7.82. The van der Waals surface area contributed by atoms with Gasteiger partial charge in [-0.2, -0.15) is 0 Å². The van der Waals surface area contributed by atoms with Crippen molar-refractivity contribution in [2.45, 2.75) is 165 Å². The van der Waals surface area contributed by atoms with Gasteiger partial charge in [-0.3, -0.25) is 57.7 Å². The summed E-state index contributed by atoms with van der Waals surface area (Å²) in [4.78, 5) is 175. The molecule has 35 nitrogen and oxygen atoms in total. The topological polar surface area (TPSA) is 588 Å². The summed E-state index contributed by atoms with van der Waals surface area (Å²) in [6, 6.07) is -15.9. The van der Waals surface area contributed by atoms with Crippen LogP contribution in [0.1, 0.15) is 96.9 Å². The third-order valence-electron chi connectivity index (χ3n) is 12.8. The number of guanidine groups is 1. The monoisotopic (exact) mass is 1190 g/mol. The van der Waals surface area contributed by atoms with Crippen molar-refractivity contribution in [3.05, 3.63) is 36.4 Å². The molecule has 12 atom stereocenters. The molecule has 468 valence electrons. The fourth-order valence-corrected chi connectivity index (χ4v) is 7.82. The second kappa shape index (κ2) is 36.6. The van der Waals surface area contributed by atoms with E-state index in [1.807, 2.05) is 0 Å². The number of nitrogens with two attached hydrogens (primary N) is 4. The molecule has 2 heterocycles. The van der Waals surface area contributed by atoms with Crippen molar-refractivity contribution in [3.63, 3.8) is 0 Å². The van der Waals surface area contributed by atoms with Crippen molar-refractivity contribution < 1.29 is 83.1 Å². The molecule has 0 bridgehead atoms. The number of nitrogens with zero attached hydrogens (tertiary/aromatic N) is 3. The molecule has 9 amide bonds. The summed E-state index contributed by atoms with van der Waals surface area (Å²) >= 11 is 0. The third-order valence-corrected chi connectivity index (χ3v) is 12.8. The number of aliphatic hydroxyl groups is 2. The summed E-state index contributed by atoms with van der Waals surface area (Å²) in [6.07, 6.45) is 1.66. The molecule has 2 rings (SSSR count). The Hall–Kier alpha value is -8.83. The van der Waals surface area contributed by atoms with E-state index >= 15 is 0 Å². The Kier molecular flexibility index (Phi) is 31.1. The van der Waals surface area contributed by atoms with E-state index in [1.54, 1.807) is 13.8 Å². The summed E-state index contributed by atoms with van der Waals surface area (Å²) in [5, 5.41) is 70.7. The minimum absolute atomic E-state index is 0.0678. The summed E-state index contributed by atoms with van der Waals surface area (Å²) in [5.41, 5.74) is 22.6. The fraction of sp³-hybridized carbons (Fsp3) is 0.612. The maximum Gasteiger partial charge on any atom is 0.326 e. The number of hydrogen-bond acceptors (Lipinski definition) is 19. The smallest absolute Gasteiger partial charge is 0.326 e. The first-order chi connectivity index (χ1) is 39.6. The number of aliphatic imine (C=N–C) groups is 1. The lowest BCUT2D eigenvalue weighted by Crippen LogP contribution is -2.62. The van der Waals surface area contributed by atoms with Gasteiger partial charge in [-0.05, 0) is 64.8 Å². The maximum absolute atomic E-state index is 14.0. The van der Waals surface area contributed by atoms with Crippen LogP contribution in [0.2, 0.25) is 0 Å². The molecule has 24 N–H and O–H groups in total. The van der Waals surface area contributed by atoms with Gasteiger partial charge in [0.15, 0.2) is 5.96 Å². The summed E-state index contributed by atoms with van der Waals surface area (Å²) in [7, 11) is 0. The average Bonchev–Trinajstić information content (AvgIpc) is 4.27. The number of unbranched alkanes of at least 4 members (excludes halogenated alkanes) is 1. The number of carboxylic acids is 3. The largest absolute Gasteiger partial charge is 0.481 e. The van der Waals surface area contributed by atoms with Crippen LogP contribution in [0.4, 0.5) is 0 Å². The van der Waals surface area contributed by atoms with Crippen LogP contribution in [-0.4, -0.2) is 209 Å². The molecule has 0 aliphatic heterocycles. The number of aromatic amines is 2. The van der Waals surface area contributed by atoms with Crippen LogP contribution in [0.5, 0.6) is 0 Å². The van der Waals surface area contributed by atoms with E-state index in [0.29, 0.717) is 12.1 Å². The van der Waals surface area contributed by atoms with Crippen LogP contribution in [-0.2, 0) is 70.4 Å². The maximum atomic E-state index is 14.0. The number of amides is 9. The molecule has 0 aliphatic rings. The molecule has 0 radical (unpaired) electrons. The highest BCUT2D eigenvalue weighted by Crippen LogP contribution is 2.12. The number of carbonyl (C=O) groups excluding carboxylic acids is 9. The quantitative estimate of drug-likeness (QED) is 0.0167. The van der Waals surface area contributed by atoms with Crippen LogP contribution in [0.3, 0.4) is 0 Å². The number of carboxylic acid groups (broad SMARTS) is 3. The summed E-state index contributed by atoms with van der Waals surface area (Å²) < 4.78 is 0. The Balaban J connectivity index is 2.34. The predicted molar refractivity (Wildman–Crippen MR) is 293 cm³/mol. The number of aromatic nitrogens is 4. The molecule has 2 aromatic rings. The van der Waals surface area contributed by atoms with Gasteiger partial charge in [-0.1, -0.05) is 20.3 Å². The molecule has 84 heavy (non-hydrogen) atoms. The van der Waals surface area contributed by atoms with E-state index in [2.05, 4.69) is 72.8 Å². The lowest BCUT2D eigenvalue weighted by atomic mass is 9.97. The number of aliphatic carboxylic acids is 3. The highest BCUT2D eigenvalue weighted by atomic mass is 16.4. The second-order valence-electron chi connectivity index (χ2n) is 19.6. The van der Waals surface area contributed by atoms with Crippen LogP contribution in [0.25, 0.3) is 0 Å². The van der Waals surface area contributed by atoms with Gasteiger partial charge < -0.3 is 106 Å². The molecule has 0 aromatic carbocycles. The molecule has 0 fully saturated rings. The molecule has 35 heteroatoms. The van der Waals surface area contributed by atoms with E-state index in [1.165, 1.54) is 32.0 Å². The van der Waals surface area contributed by atoms with Crippen LogP contribution in [0.15, 0.2) is 30.0 Å². The zero-order valence-electron chi connectivity index (χ0n) is 46.9. The Morgan fingerprint density at radius 3 is 1.51 bits per heavy atom. The second-order valence-corrected chi connectivity index (χ2v) is 19.6. The number of rotatable bonds is 40. The van der Waals surface area contributed by atoms with Crippen LogP contribution in [0, 0.1) is 5.92 Å². The van der Waals surface area contributed by atoms with Gasteiger partial charge in [0, 0.05) is 49.6 Å². The number of imidazole rings is 2. The Morgan fingerprint density at radius 2 is 1.04 bits per heavy atom. The minimum atomic E-state index is -1.88. The first-order valence-electron chi connectivity index (χ1n) is 26.8. The Labute approximate surface area is 481 Å². The van der Waals surface area contributed by atoms with Crippen LogP contribution >= 0.6 is 0 Å². The summed E-state index contributed by atoms with van der Waals surface area (Å²) in [6.45, 7) is 4.69.